The van der Waals surface area contributed by atoms with Crippen molar-refractivity contribution in [3.05, 3.63) is 30.3 Å². The zero-order chi connectivity index (χ0) is 6.10. The van der Waals surface area contributed by atoms with Crippen LogP contribution < -0.4 is 4.89 Å². The van der Waals surface area contributed by atoms with Crippen LogP contribution in [0.15, 0.2) is 35.2 Å². The number of thiol groups is 1. The van der Waals surface area contributed by atoms with Crippen LogP contribution >= 0.6 is 11.4 Å². The highest BCUT2D eigenvalue weighted by Crippen LogP contribution is 2.43. The molecule has 1 unspecified atom stereocenters. The van der Waals surface area contributed by atoms with Gasteiger partial charge in [-0.1, -0.05) is 18.2 Å². The molecule has 1 N–H and O–H groups in total. The Morgan fingerprint density at radius 2 is 1.89 bits per heavy atom. The minimum absolute atomic E-state index is 0.396. The van der Waals surface area contributed by atoms with Crippen LogP contribution in [0.25, 0.3) is 0 Å². The van der Waals surface area contributed by atoms with E-state index < -0.39 is 11.4 Å². The largest absolute Gasteiger partial charge is 0.225 e. The predicted molar refractivity (Wildman–Crippen MR) is 37.9 cm³/mol. The van der Waals surface area contributed by atoms with E-state index in [1.165, 1.54) is 4.90 Å². The molecule has 3 heteroatoms. The molecule has 1 aliphatic heterocycles. The summed E-state index contributed by atoms with van der Waals surface area (Å²) in [5, 5.41) is 0. The first kappa shape index (κ1) is 5.29. The fourth-order valence-electron chi connectivity index (χ4n) is 0.689. The van der Waals surface area contributed by atoms with Gasteiger partial charge in [0.15, 0.2) is 0 Å². The van der Waals surface area contributed by atoms with E-state index in [9.17, 15) is 0 Å². The molecule has 0 saturated carbocycles. The van der Waals surface area contributed by atoms with Gasteiger partial charge in [-0.25, -0.2) is 4.28 Å². The maximum absolute atomic E-state index is 4.91. The van der Waals surface area contributed by atoms with Crippen LogP contribution in [0.2, 0.25) is 0 Å². The summed E-state index contributed by atoms with van der Waals surface area (Å²) in [6.45, 7) is 0. The molecule has 2 nitrogen and oxygen atoms in total. The van der Waals surface area contributed by atoms with Crippen molar-refractivity contribution in [1.82, 2.24) is 4.89 Å². The molecule has 0 bridgehead atoms. The molecule has 0 aromatic heterocycles. The standard InChI is InChI=1S/C6H7NOS/c1-2-4-6(5-3-1)9-7-8-9/h1-5,7,9H. The van der Waals surface area contributed by atoms with Crippen molar-refractivity contribution >= 4 is 11.4 Å². The van der Waals surface area contributed by atoms with Gasteiger partial charge < -0.3 is 0 Å². The smallest absolute Gasteiger partial charge is 0.0272 e. The van der Waals surface area contributed by atoms with Crippen molar-refractivity contribution < 1.29 is 4.28 Å². The molecule has 1 aliphatic rings. The molecular formula is C6H7NOS. The highest BCUT2D eigenvalue weighted by molar-refractivity contribution is 8.15. The van der Waals surface area contributed by atoms with Gasteiger partial charge in [0.05, 0.1) is 0 Å². The fourth-order valence-corrected chi connectivity index (χ4v) is 1.51. The molecule has 1 heterocycles. The van der Waals surface area contributed by atoms with Crippen LogP contribution in [0.1, 0.15) is 0 Å². The highest BCUT2D eigenvalue weighted by atomic mass is 32.2. The molecule has 0 spiro atoms. The van der Waals surface area contributed by atoms with E-state index in [1.54, 1.807) is 0 Å². The van der Waals surface area contributed by atoms with Gasteiger partial charge in [0.25, 0.3) is 0 Å². The minimum Gasteiger partial charge on any atom is -0.225 e. The van der Waals surface area contributed by atoms with E-state index in [4.69, 9.17) is 4.28 Å². The fraction of sp³-hybridized carbons (Fsp3) is 0. The Kier molecular flexibility index (Phi) is 1.19. The van der Waals surface area contributed by atoms with Gasteiger partial charge in [-0.15, -0.1) is 4.89 Å². The first-order chi connectivity index (χ1) is 4.47. The number of hydrogen-bond donors (Lipinski definition) is 2. The first-order valence-corrected chi connectivity index (χ1v) is 4.00. The van der Waals surface area contributed by atoms with Crippen molar-refractivity contribution in [1.29, 1.82) is 0 Å². The Morgan fingerprint density at radius 1 is 1.22 bits per heavy atom. The molecule has 9 heavy (non-hydrogen) atoms. The second-order valence-electron chi connectivity index (χ2n) is 1.81. The maximum Gasteiger partial charge on any atom is 0.0272 e. The average Bonchev–Trinajstić information content (AvgIpc) is 2.71. The number of hydrogen-bond acceptors (Lipinski definition) is 2. The van der Waals surface area contributed by atoms with Gasteiger partial charge in [0, 0.05) is 4.90 Å². The average molecular weight is 141 g/mol. The molecule has 1 saturated heterocycles. The van der Waals surface area contributed by atoms with E-state index >= 15 is 0 Å². The van der Waals surface area contributed by atoms with Crippen LogP contribution in [-0.2, 0) is 4.28 Å². The van der Waals surface area contributed by atoms with Gasteiger partial charge in [0.1, 0.15) is 0 Å². The Balaban J connectivity index is 2.29. The molecule has 0 amide bonds. The molecule has 1 atom stereocenters. The monoisotopic (exact) mass is 141 g/mol. The zero-order valence-electron chi connectivity index (χ0n) is 4.74. The molecule has 2 rings (SSSR count). The predicted octanol–water partition coefficient (Wildman–Crippen LogP) is 1.41. The molecule has 1 aromatic rings. The zero-order valence-corrected chi connectivity index (χ0v) is 5.64. The number of rotatable bonds is 1. The summed E-state index contributed by atoms with van der Waals surface area (Å²) in [5.74, 6) is 0. The van der Waals surface area contributed by atoms with Crippen molar-refractivity contribution in [2.24, 2.45) is 0 Å². The molecule has 0 aliphatic carbocycles. The Labute approximate surface area is 56.5 Å². The highest BCUT2D eigenvalue weighted by Gasteiger charge is 2.18. The van der Waals surface area contributed by atoms with Crippen LogP contribution in [0, 0.1) is 0 Å². The Bertz CT molecular complexity index is 197. The lowest BCUT2D eigenvalue weighted by atomic mass is 10.4. The second kappa shape index (κ2) is 2.02. The first-order valence-electron chi connectivity index (χ1n) is 2.74. The summed E-state index contributed by atoms with van der Waals surface area (Å²) in [6.07, 6.45) is 0. The molecule has 48 valence electrons. The van der Waals surface area contributed by atoms with Crippen LogP contribution in [0.3, 0.4) is 0 Å². The molecular weight excluding hydrogens is 134 g/mol. The third-order valence-electron chi connectivity index (χ3n) is 1.17. The minimum atomic E-state index is -0.396. The SMILES string of the molecule is c1ccc([SH]2NO2)cc1. The van der Waals surface area contributed by atoms with Crippen LogP contribution in [0.4, 0.5) is 0 Å². The van der Waals surface area contributed by atoms with Crippen molar-refractivity contribution in [3.8, 4) is 0 Å². The Morgan fingerprint density at radius 3 is 2.44 bits per heavy atom. The van der Waals surface area contributed by atoms with Crippen molar-refractivity contribution in [2.75, 3.05) is 0 Å². The summed E-state index contributed by atoms with van der Waals surface area (Å²) in [7, 11) is 0. The lowest BCUT2D eigenvalue weighted by Gasteiger charge is -1.90. The van der Waals surface area contributed by atoms with Gasteiger partial charge in [-0.05, 0) is 23.5 Å². The summed E-state index contributed by atoms with van der Waals surface area (Å²) in [5.41, 5.74) is 0. The second-order valence-corrected chi connectivity index (χ2v) is 3.28. The third kappa shape index (κ3) is 1.08. The number of nitrogens with one attached hydrogen (secondary N) is 1. The van der Waals surface area contributed by atoms with E-state index in [2.05, 4.69) is 17.0 Å². The molecule has 0 radical (unpaired) electrons. The third-order valence-corrected chi connectivity index (χ3v) is 2.31. The van der Waals surface area contributed by atoms with E-state index in [0.29, 0.717) is 0 Å². The van der Waals surface area contributed by atoms with Crippen LogP contribution in [0.5, 0.6) is 0 Å². The van der Waals surface area contributed by atoms with Crippen molar-refractivity contribution in [3.63, 3.8) is 0 Å². The topological polar surface area (TPSA) is 34.5 Å². The van der Waals surface area contributed by atoms with Gasteiger partial charge >= 0.3 is 0 Å². The van der Waals surface area contributed by atoms with Gasteiger partial charge in [-0.3, -0.25) is 0 Å². The number of benzene rings is 1. The Hall–Kier alpha value is -0.510. The molecule has 1 aromatic carbocycles. The van der Waals surface area contributed by atoms with Gasteiger partial charge in [-0.2, -0.15) is 0 Å². The quantitative estimate of drug-likeness (QED) is 0.458. The summed E-state index contributed by atoms with van der Waals surface area (Å²) in [4.78, 5) is 4.07. The van der Waals surface area contributed by atoms with E-state index in [1.807, 2.05) is 18.2 Å². The normalized spacial score (nSPS) is 27.8. The van der Waals surface area contributed by atoms with Gasteiger partial charge in [0.2, 0.25) is 0 Å². The molecule has 1 fully saturated rings. The summed E-state index contributed by atoms with van der Waals surface area (Å²) < 4.78 is 4.91. The van der Waals surface area contributed by atoms with Crippen molar-refractivity contribution in [2.45, 2.75) is 4.90 Å². The lowest BCUT2D eigenvalue weighted by Crippen LogP contribution is -1.67. The van der Waals surface area contributed by atoms with Crippen LogP contribution in [-0.4, -0.2) is 0 Å². The summed E-state index contributed by atoms with van der Waals surface area (Å²) >= 11 is -0.396. The lowest BCUT2D eigenvalue weighted by molar-refractivity contribution is 0.469. The van der Waals surface area contributed by atoms with E-state index in [0.717, 1.165) is 0 Å². The van der Waals surface area contributed by atoms with E-state index in [-0.39, 0.29) is 0 Å². The summed E-state index contributed by atoms with van der Waals surface area (Å²) in [6, 6.07) is 10.2. The maximum atomic E-state index is 4.91.